The van der Waals surface area contributed by atoms with Crippen LogP contribution in [0.2, 0.25) is 0 Å². The highest BCUT2D eigenvalue weighted by Crippen LogP contribution is 2.24. The van der Waals surface area contributed by atoms with E-state index >= 15 is 0 Å². The molecule has 1 rings (SSSR count). The molecule has 1 aliphatic carbocycles. The lowest BCUT2D eigenvalue weighted by atomic mass is 9.88. The maximum Gasteiger partial charge on any atom is 0.00644 e. The molecule has 0 aliphatic heterocycles. The molecule has 0 radical (unpaired) electrons. The summed E-state index contributed by atoms with van der Waals surface area (Å²) in [7, 11) is 2.32. The molecule has 0 aromatic rings. The van der Waals surface area contributed by atoms with E-state index in [0.29, 0.717) is 0 Å². The van der Waals surface area contributed by atoms with Crippen LogP contribution >= 0.6 is 0 Å². The van der Waals surface area contributed by atoms with Gasteiger partial charge >= 0.3 is 0 Å². The van der Waals surface area contributed by atoms with Crippen molar-refractivity contribution in [1.82, 2.24) is 10.2 Å². The zero-order valence-electron chi connectivity index (χ0n) is 12.9. The minimum Gasteiger partial charge on any atom is -0.317 e. The van der Waals surface area contributed by atoms with Crippen LogP contribution in [0.3, 0.4) is 0 Å². The standard InChI is InChI=1S/C16H34N2/c1-4-12-17-13-8-9-15(2)18(3)14-16-10-6-5-7-11-16/h15-17H,4-14H2,1-3H3. The average Bonchev–Trinajstić information content (AvgIpc) is 2.39. The summed E-state index contributed by atoms with van der Waals surface area (Å²) in [5.74, 6) is 0.976. The first kappa shape index (κ1) is 16.0. The Balaban J connectivity index is 2.06. The molecule has 0 aromatic carbocycles. The van der Waals surface area contributed by atoms with Crippen molar-refractivity contribution in [1.29, 1.82) is 0 Å². The van der Waals surface area contributed by atoms with Crippen LogP contribution < -0.4 is 5.32 Å². The molecule has 108 valence electrons. The topological polar surface area (TPSA) is 15.3 Å². The minimum atomic E-state index is 0.746. The largest absolute Gasteiger partial charge is 0.317 e. The maximum atomic E-state index is 3.49. The first-order chi connectivity index (χ1) is 8.74. The first-order valence-electron chi connectivity index (χ1n) is 8.15. The van der Waals surface area contributed by atoms with Crippen molar-refractivity contribution in [2.24, 2.45) is 5.92 Å². The molecule has 0 saturated heterocycles. The highest BCUT2D eigenvalue weighted by molar-refractivity contribution is 4.72. The normalized spacial score (nSPS) is 19.3. The lowest BCUT2D eigenvalue weighted by Gasteiger charge is -2.31. The van der Waals surface area contributed by atoms with E-state index in [9.17, 15) is 0 Å². The molecule has 0 heterocycles. The first-order valence-corrected chi connectivity index (χ1v) is 8.15. The van der Waals surface area contributed by atoms with E-state index < -0.39 is 0 Å². The summed E-state index contributed by atoms with van der Waals surface area (Å²) < 4.78 is 0. The highest BCUT2D eigenvalue weighted by Gasteiger charge is 2.17. The van der Waals surface area contributed by atoms with Gasteiger partial charge in [-0.3, -0.25) is 0 Å². The SMILES string of the molecule is CCCNCCCC(C)N(C)CC1CCCCC1. The summed E-state index contributed by atoms with van der Waals surface area (Å²) in [5, 5.41) is 3.49. The second kappa shape index (κ2) is 9.80. The Kier molecular flexibility index (Phi) is 8.70. The summed E-state index contributed by atoms with van der Waals surface area (Å²) in [5.41, 5.74) is 0. The van der Waals surface area contributed by atoms with Gasteiger partial charge in [-0.05, 0) is 65.1 Å². The Bertz CT molecular complexity index is 188. The Morgan fingerprint density at radius 3 is 2.56 bits per heavy atom. The molecule has 1 aliphatic rings. The zero-order valence-corrected chi connectivity index (χ0v) is 12.9. The Labute approximate surface area is 115 Å². The van der Waals surface area contributed by atoms with Crippen molar-refractivity contribution >= 4 is 0 Å². The fraction of sp³-hybridized carbons (Fsp3) is 1.00. The van der Waals surface area contributed by atoms with Gasteiger partial charge in [0.15, 0.2) is 0 Å². The van der Waals surface area contributed by atoms with E-state index in [1.807, 2.05) is 0 Å². The van der Waals surface area contributed by atoms with E-state index in [-0.39, 0.29) is 0 Å². The number of rotatable bonds is 9. The average molecular weight is 254 g/mol. The van der Waals surface area contributed by atoms with E-state index in [0.717, 1.165) is 12.0 Å². The summed E-state index contributed by atoms with van der Waals surface area (Å²) in [6, 6.07) is 0.746. The lowest BCUT2D eigenvalue weighted by Crippen LogP contribution is -2.34. The van der Waals surface area contributed by atoms with Crippen molar-refractivity contribution in [2.75, 3.05) is 26.7 Å². The summed E-state index contributed by atoms with van der Waals surface area (Å²) in [6.45, 7) is 8.31. The van der Waals surface area contributed by atoms with Gasteiger partial charge in [0, 0.05) is 12.6 Å². The number of hydrogen-bond acceptors (Lipinski definition) is 2. The van der Waals surface area contributed by atoms with Gasteiger partial charge < -0.3 is 10.2 Å². The molecule has 1 atom stereocenters. The minimum absolute atomic E-state index is 0.746. The maximum absolute atomic E-state index is 3.49. The quantitative estimate of drug-likeness (QED) is 0.632. The van der Waals surface area contributed by atoms with Crippen molar-refractivity contribution in [3.05, 3.63) is 0 Å². The van der Waals surface area contributed by atoms with Crippen LogP contribution in [0, 0.1) is 5.92 Å². The fourth-order valence-electron chi connectivity index (χ4n) is 3.00. The summed E-state index contributed by atoms with van der Waals surface area (Å²) in [4.78, 5) is 2.59. The second-order valence-corrected chi connectivity index (χ2v) is 6.18. The van der Waals surface area contributed by atoms with Crippen LogP contribution in [0.4, 0.5) is 0 Å². The number of hydrogen-bond donors (Lipinski definition) is 1. The van der Waals surface area contributed by atoms with Crippen LogP contribution in [-0.4, -0.2) is 37.6 Å². The molecule has 1 saturated carbocycles. The van der Waals surface area contributed by atoms with Crippen molar-refractivity contribution in [3.63, 3.8) is 0 Å². The number of nitrogens with zero attached hydrogens (tertiary/aromatic N) is 1. The molecule has 2 heteroatoms. The summed E-state index contributed by atoms with van der Waals surface area (Å²) >= 11 is 0. The van der Waals surface area contributed by atoms with E-state index in [1.54, 1.807) is 0 Å². The fourth-order valence-corrected chi connectivity index (χ4v) is 3.00. The van der Waals surface area contributed by atoms with Gasteiger partial charge in [-0.1, -0.05) is 26.2 Å². The van der Waals surface area contributed by atoms with Gasteiger partial charge in [0.25, 0.3) is 0 Å². The molecule has 0 aromatic heterocycles. The van der Waals surface area contributed by atoms with Gasteiger partial charge in [-0.25, -0.2) is 0 Å². The van der Waals surface area contributed by atoms with E-state index in [4.69, 9.17) is 0 Å². The molecule has 1 unspecified atom stereocenters. The molecular weight excluding hydrogens is 220 g/mol. The molecule has 0 bridgehead atoms. The Morgan fingerprint density at radius 1 is 1.17 bits per heavy atom. The molecule has 18 heavy (non-hydrogen) atoms. The van der Waals surface area contributed by atoms with Gasteiger partial charge in [0.2, 0.25) is 0 Å². The predicted octanol–water partition coefficient (Wildman–Crippen LogP) is 3.67. The molecule has 1 N–H and O–H groups in total. The smallest absolute Gasteiger partial charge is 0.00644 e. The van der Waals surface area contributed by atoms with Crippen LogP contribution in [0.15, 0.2) is 0 Å². The van der Waals surface area contributed by atoms with Gasteiger partial charge in [-0.2, -0.15) is 0 Å². The molecular formula is C16H34N2. The zero-order chi connectivity index (χ0) is 13.2. The van der Waals surface area contributed by atoms with Crippen molar-refractivity contribution < 1.29 is 0 Å². The van der Waals surface area contributed by atoms with Crippen molar-refractivity contribution in [3.8, 4) is 0 Å². The predicted molar refractivity (Wildman–Crippen MR) is 81.1 cm³/mol. The second-order valence-electron chi connectivity index (χ2n) is 6.18. The van der Waals surface area contributed by atoms with Crippen LogP contribution in [0.1, 0.15) is 65.2 Å². The molecule has 2 nitrogen and oxygen atoms in total. The third kappa shape index (κ3) is 6.75. The molecule has 0 amide bonds. The van der Waals surface area contributed by atoms with Gasteiger partial charge in [0.05, 0.1) is 0 Å². The van der Waals surface area contributed by atoms with Crippen LogP contribution in [0.5, 0.6) is 0 Å². The van der Waals surface area contributed by atoms with E-state index in [2.05, 4.69) is 31.1 Å². The third-order valence-corrected chi connectivity index (χ3v) is 4.43. The summed E-state index contributed by atoms with van der Waals surface area (Å²) in [6.07, 6.45) is 11.2. The third-order valence-electron chi connectivity index (χ3n) is 4.43. The van der Waals surface area contributed by atoms with Gasteiger partial charge in [0.1, 0.15) is 0 Å². The van der Waals surface area contributed by atoms with E-state index in [1.165, 1.54) is 71.0 Å². The molecule has 1 fully saturated rings. The van der Waals surface area contributed by atoms with Crippen molar-refractivity contribution in [2.45, 2.75) is 71.3 Å². The lowest BCUT2D eigenvalue weighted by molar-refractivity contribution is 0.182. The molecule has 0 spiro atoms. The van der Waals surface area contributed by atoms with Gasteiger partial charge in [-0.15, -0.1) is 0 Å². The monoisotopic (exact) mass is 254 g/mol. The van der Waals surface area contributed by atoms with Crippen LogP contribution in [0.25, 0.3) is 0 Å². The Morgan fingerprint density at radius 2 is 1.89 bits per heavy atom. The van der Waals surface area contributed by atoms with Crippen LogP contribution in [-0.2, 0) is 0 Å². The number of nitrogens with one attached hydrogen (secondary N) is 1. The Hall–Kier alpha value is -0.0800. The highest BCUT2D eigenvalue weighted by atomic mass is 15.1.